The summed E-state index contributed by atoms with van der Waals surface area (Å²) in [7, 11) is 0. The van der Waals surface area contributed by atoms with Crippen molar-refractivity contribution in [3.05, 3.63) is 47.3 Å². The molecule has 2 aromatic heterocycles. The Labute approximate surface area is 166 Å². The average molecular weight is 386 g/mol. The molecule has 1 aliphatic carbocycles. The van der Waals surface area contributed by atoms with Crippen molar-refractivity contribution < 1.29 is 18.4 Å². The largest absolute Gasteiger partial charge is 0.456 e. The fourth-order valence-corrected chi connectivity index (χ4v) is 3.78. The van der Waals surface area contributed by atoms with Crippen molar-refractivity contribution in [3.63, 3.8) is 0 Å². The van der Waals surface area contributed by atoms with Crippen LogP contribution in [0.3, 0.4) is 0 Å². The molecule has 28 heavy (non-hydrogen) atoms. The predicted octanol–water partition coefficient (Wildman–Crippen LogP) is 4.11. The van der Waals surface area contributed by atoms with Crippen LogP contribution in [0.1, 0.15) is 78.6 Å². The van der Waals surface area contributed by atoms with Gasteiger partial charge in [0.15, 0.2) is 11.5 Å². The average Bonchev–Trinajstić information content (AvgIpc) is 3.40. The van der Waals surface area contributed by atoms with Crippen molar-refractivity contribution >= 4 is 11.8 Å². The van der Waals surface area contributed by atoms with Crippen LogP contribution >= 0.6 is 0 Å². The lowest BCUT2D eigenvalue weighted by Crippen LogP contribution is -2.48. The van der Waals surface area contributed by atoms with E-state index in [1.54, 1.807) is 12.1 Å². The van der Waals surface area contributed by atoms with Crippen molar-refractivity contribution in [2.45, 2.75) is 64.8 Å². The molecule has 2 heterocycles. The third-order valence-corrected chi connectivity index (χ3v) is 5.49. The molecule has 0 aromatic carbocycles. The molecule has 1 saturated carbocycles. The number of hydrogen-bond donors (Lipinski definition) is 2. The molecule has 2 N–H and O–H groups in total. The lowest BCUT2D eigenvalue weighted by Gasteiger charge is -2.30. The topological polar surface area (TPSA) is 84.5 Å². The van der Waals surface area contributed by atoms with Crippen molar-refractivity contribution in [1.29, 1.82) is 0 Å². The van der Waals surface area contributed by atoms with Gasteiger partial charge in [0, 0.05) is 25.4 Å². The Balaban J connectivity index is 1.64. The standard InChI is InChI=1S/C22H30N2O4/c1-3-16-10-12-19(27-16)21(25)23-14-18(15-8-6-5-7-9-15)24-22(26)20-13-11-17(4-2)28-20/h10-13,15,18H,3-9,14H2,1-2H3,(H,23,25)(H,24,26). The number of furan rings is 2. The third-order valence-electron chi connectivity index (χ3n) is 5.49. The summed E-state index contributed by atoms with van der Waals surface area (Å²) in [6.07, 6.45) is 7.15. The van der Waals surface area contributed by atoms with Gasteiger partial charge in [0.1, 0.15) is 11.5 Å². The van der Waals surface area contributed by atoms with E-state index in [1.165, 1.54) is 6.42 Å². The van der Waals surface area contributed by atoms with Crippen LogP contribution in [0.25, 0.3) is 0 Å². The van der Waals surface area contributed by atoms with Crippen LogP contribution in [0, 0.1) is 5.92 Å². The van der Waals surface area contributed by atoms with Crippen molar-refractivity contribution in [1.82, 2.24) is 10.6 Å². The zero-order chi connectivity index (χ0) is 19.9. The van der Waals surface area contributed by atoms with E-state index in [1.807, 2.05) is 26.0 Å². The first-order chi connectivity index (χ1) is 13.6. The fraction of sp³-hybridized carbons (Fsp3) is 0.545. The van der Waals surface area contributed by atoms with Crippen LogP contribution in [0.15, 0.2) is 33.1 Å². The van der Waals surface area contributed by atoms with Crippen molar-refractivity contribution in [2.75, 3.05) is 6.54 Å². The molecule has 3 rings (SSSR count). The summed E-state index contributed by atoms with van der Waals surface area (Å²) in [5.41, 5.74) is 0. The van der Waals surface area contributed by atoms with E-state index < -0.39 is 0 Å². The number of carbonyl (C=O) groups is 2. The highest BCUT2D eigenvalue weighted by Crippen LogP contribution is 2.26. The molecule has 0 spiro atoms. The first-order valence-corrected chi connectivity index (χ1v) is 10.4. The van der Waals surface area contributed by atoms with E-state index in [0.29, 0.717) is 24.0 Å². The molecule has 0 bridgehead atoms. The van der Waals surface area contributed by atoms with E-state index in [2.05, 4.69) is 10.6 Å². The van der Waals surface area contributed by atoms with Gasteiger partial charge in [0.05, 0.1) is 0 Å². The van der Waals surface area contributed by atoms with Gasteiger partial charge in [-0.25, -0.2) is 0 Å². The summed E-state index contributed by atoms with van der Waals surface area (Å²) in [4.78, 5) is 25.1. The summed E-state index contributed by atoms with van der Waals surface area (Å²) < 4.78 is 11.1. The monoisotopic (exact) mass is 386 g/mol. The maximum Gasteiger partial charge on any atom is 0.287 e. The molecule has 1 unspecified atom stereocenters. The van der Waals surface area contributed by atoms with E-state index in [-0.39, 0.29) is 17.9 Å². The van der Waals surface area contributed by atoms with Gasteiger partial charge < -0.3 is 19.5 Å². The Bertz CT molecular complexity index is 786. The highest BCUT2D eigenvalue weighted by molar-refractivity contribution is 5.92. The number of hydrogen-bond acceptors (Lipinski definition) is 4. The smallest absolute Gasteiger partial charge is 0.287 e. The highest BCUT2D eigenvalue weighted by Gasteiger charge is 2.27. The van der Waals surface area contributed by atoms with Gasteiger partial charge in [-0.15, -0.1) is 0 Å². The molecule has 6 heteroatoms. The summed E-state index contributed by atoms with van der Waals surface area (Å²) >= 11 is 0. The summed E-state index contributed by atoms with van der Waals surface area (Å²) in [5.74, 6) is 2.08. The Hall–Kier alpha value is -2.50. The molecule has 6 nitrogen and oxygen atoms in total. The van der Waals surface area contributed by atoms with Gasteiger partial charge >= 0.3 is 0 Å². The lowest BCUT2D eigenvalue weighted by atomic mass is 9.83. The normalized spacial score (nSPS) is 15.9. The van der Waals surface area contributed by atoms with Gasteiger partial charge in [-0.05, 0) is 43.0 Å². The van der Waals surface area contributed by atoms with Crippen LogP contribution < -0.4 is 10.6 Å². The first-order valence-electron chi connectivity index (χ1n) is 10.4. The maximum atomic E-state index is 12.6. The summed E-state index contributed by atoms with van der Waals surface area (Å²) in [6.45, 7) is 4.34. The second-order valence-corrected chi connectivity index (χ2v) is 7.43. The minimum Gasteiger partial charge on any atom is -0.456 e. The van der Waals surface area contributed by atoms with Crippen molar-refractivity contribution in [3.8, 4) is 0 Å². The van der Waals surface area contributed by atoms with Gasteiger partial charge in [0.25, 0.3) is 11.8 Å². The second-order valence-electron chi connectivity index (χ2n) is 7.43. The number of nitrogens with one attached hydrogen (secondary N) is 2. The maximum absolute atomic E-state index is 12.6. The van der Waals surface area contributed by atoms with Crippen molar-refractivity contribution in [2.24, 2.45) is 5.92 Å². The fourth-order valence-electron chi connectivity index (χ4n) is 3.78. The van der Waals surface area contributed by atoms with E-state index >= 15 is 0 Å². The second kappa shape index (κ2) is 9.62. The number of rotatable bonds is 8. The Kier molecular flexibility index (Phi) is 6.95. The van der Waals surface area contributed by atoms with Gasteiger partial charge in [-0.1, -0.05) is 33.1 Å². The zero-order valence-electron chi connectivity index (χ0n) is 16.8. The van der Waals surface area contributed by atoms with Gasteiger partial charge in [-0.3, -0.25) is 9.59 Å². The predicted molar refractivity (Wildman–Crippen MR) is 106 cm³/mol. The van der Waals surface area contributed by atoms with Crippen LogP contribution in [0.5, 0.6) is 0 Å². The summed E-state index contributed by atoms with van der Waals surface area (Å²) in [5, 5.41) is 6.01. The minimum absolute atomic E-state index is 0.132. The summed E-state index contributed by atoms with van der Waals surface area (Å²) in [6, 6.07) is 6.91. The van der Waals surface area contributed by atoms with Crippen LogP contribution in [0.2, 0.25) is 0 Å². The van der Waals surface area contributed by atoms with E-state index in [4.69, 9.17) is 8.83 Å². The molecule has 0 aliphatic heterocycles. The highest BCUT2D eigenvalue weighted by atomic mass is 16.4. The number of amides is 2. The zero-order valence-corrected chi connectivity index (χ0v) is 16.8. The first kappa shape index (κ1) is 20.2. The molecule has 1 aliphatic rings. The SMILES string of the molecule is CCc1ccc(C(=O)NCC(NC(=O)c2ccc(CC)o2)C2CCCCC2)o1. The lowest BCUT2D eigenvalue weighted by molar-refractivity contribution is 0.0853. The molecule has 1 atom stereocenters. The van der Waals surface area contributed by atoms with Crippen LogP contribution in [0.4, 0.5) is 0 Å². The Morgan fingerprint density at radius 3 is 2.04 bits per heavy atom. The molecule has 152 valence electrons. The van der Waals surface area contributed by atoms with Gasteiger partial charge in [0.2, 0.25) is 0 Å². The van der Waals surface area contributed by atoms with E-state index in [9.17, 15) is 9.59 Å². The third kappa shape index (κ3) is 5.06. The van der Waals surface area contributed by atoms with Crippen LogP contribution in [-0.4, -0.2) is 24.4 Å². The molecule has 0 radical (unpaired) electrons. The molecule has 1 fully saturated rings. The molecular weight excluding hydrogens is 356 g/mol. The Morgan fingerprint density at radius 2 is 1.50 bits per heavy atom. The van der Waals surface area contributed by atoms with E-state index in [0.717, 1.165) is 50.0 Å². The minimum atomic E-state index is -0.249. The van der Waals surface area contributed by atoms with Crippen LogP contribution in [-0.2, 0) is 12.8 Å². The molecular formula is C22H30N2O4. The quantitative estimate of drug-likeness (QED) is 0.715. The molecule has 2 aromatic rings. The Morgan fingerprint density at radius 1 is 0.929 bits per heavy atom. The molecule has 2 amide bonds. The molecule has 0 saturated heterocycles. The number of carbonyl (C=O) groups excluding carboxylic acids is 2. The number of aryl methyl sites for hydroxylation is 2. The van der Waals surface area contributed by atoms with Gasteiger partial charge in [-0.2, -0.15) is 0 Å².